The molecule has 2 N–H and O–H groups in total. The van der Waals surface area contributed by atoms with Gasteiger partial charge in [-0.1, -0.05) is 0 Å². The Morgan fingerprint density at radius 1 is 1.38 bits per heavy atom. The van der Waals surface area contributed by atoms with Gasteiger partial charge in [-0.25, -0.2) is 0 Å². The first-order chi connectivity index (χ1) is 7.79. The van der Waals surface area contributed by atoms with Crippen LogP contribution in [0.15, 0.2) is 0 Å². The maximum Gasteiger partial charge on any atom is 0.236 e. The van der Waals surface area contributed by atoms with Crippen molar-refractivity contribution >= 4 is 5.91 Å². The first-order valence-electron chi connectivity index (χ1n) is 6.45. The van der Waals surface area contributed by atoms with Crippen molar-refractivity contribution in [3.05, 3.63) is 0 Å². The Morgan fingerprint density at radius 2 is 2.19 bits per heavy atom. The van der Waals surface area contributed by atoms with Gasteiger partial charge in [-0.3, -0.25) is 4.79 Å². The molecule has 4 heteroatoms. The maximum absolute atomic E-state index is 11.9. The van der Waals surface area contributed by atoms with Crippen LogP contribution in [0.5, 0.6) is 0 Å². The molecule has 2 rings (SSSR count). The van der Waals surface area contributed by atoms with Crippen molar-refractivity contribution in [2.24, 2.45) is 5.92 Å². The zero-order chi connectivity index (χ0) is 11.4. The summed E-state index contributed by atoms with van der Waals surface area (Å²) in [6.45, 7) is 3.35. The molecule has 92 valence electrons. The molecule has 2 aliphatic rings. The SMILES string of the molecule is CNC1CCCN(C(=O)CNCC2CC2)C1. The topological polar surface area (TPSA) is 44.4 Å². The number of nitrogens with one attached hydrogen (secondary N) is 2. The van der Waals surface area contributed by atoms with Crippen molar-refractivity contribution in [2.45, 2.75) is 31.7 Å². The highest BCUT2D eigenvalue weighted by Gasteiger charge is 2.24. The molecule has 1 amide bonds. The minimum Gasteiger partial charge on any atom is -0.340 e. The van der Waals surface area contributed by atoms with Crippen LogP contribution in [-0.4, -0.2) is 50.1 Å². The number of hydrogen-bond donors (Lipinski definition) is 2. The van der Waals surface area contributed by atoms with E-state index in [4.69, 9.17) is 0 Å². The van der Waals surface area contributed by atoms with E-state index in [9.17, 15) is 4.79 Å². The molecule has 1 saturated carbocycles. The van der Waals surface area contributed by atoms with Crippen LogP contribution in [-0.2, 0) is 4.79 Å². The lowest BCUT2D eigenvalue weighted by atomic mass is 10.1. The van der Waals surface area contributed by atoms with Crippen LogP contribution in [0.4, 0.5) is 0 Å². The molecule has 1 heterocycles. The van der Waals surface area contributed by atoms with Crippen molar-refractivity contribution < 1.29 is 4.79 Å². The van der Waals surface area contributed by atoms with Gasteiger partial charge in [-0.2, -0.15) is 0 Å². The smallest absolute Gasteiger partial charge is 0.236 e. The maximum atomic E-state index is 11.9. The van der Waals surface area contributed by atoms with Gasteiger partial charge in [-0.15, -0.1) is 0 Å². The van der Waals surface area contributed by atoms with Gasteiger partial charge >= 0.3 is 0 Å². The van der Waals surface area contributed by atoms with Crippen LogP contribution >= 0.6 is 0 Å². The second kappa shape index (κ2) is 5.64. The molecule has 1 aliphatic carbocycles. The summed E-state index contributed by atoms with van der Waals surface area (Å²) in [5.41, 5.74) is 0. The van der Waals surface area contributed by atoms with Gasteiger partial charge < -0.3 is 15.5 Å². The van der Waals surface area contributed by atoms with E-state index < -0.39 is 0 Å². The standard InChI is InChI=1S/C12H23N3O/c1-13-11-3-2-6-15(9-11)12(16)8-14-7-10-4-5-10/h10-11,13-14H,2-9H2,1H3. The molecule has 2 fully saturated rings. The number of nitrogens with zero attached hydrogens (tertiary/aromatic N) is 1. The Labute approximate surface area is 97.8 Å². The van der Waals surface area contributed by atoms with Crippen molar-refractivity contribution in [1.29, 1.82) is 0 Å². The largest absolute Gasteiger partial charge is 0.340 e. The van der Waals surface area contributed by atoms with Gasteiger partial charge in [0.05, 0.1) is 6.54 Å². The van der Waals surface area contributed by atoms with E-state index in [1.165, 1.54) is 19.3 Å². The summed E-state index contributed by atoms with van der Waals surface area (Å²) in [5, 5.41) is 6.52. The monoisotopic (exact) mass is 225 g/mol. The second-order valence-electron chi connectivity index (χ2n) is 5.04. The molecule has 4 nitrogen and oxygen atoms in total. The highest BCUT2D eigenvalue weighted by molar-refractivity contribution is 5.78. The van der Waals surface area contributed by atoms with Crippen LogP contribution in [0.2, 0.25) is 0 Å². The first-order valence-corrected chi connectivity index (χ1v) is 6.45. The van der Waals surface area contributed by atoms with E-state index >= 15 is 0 Å². The minimum absolute atomic E-state index is 0.264. The summed E-state index contributed by atoms with van der Waals surface area (Å²) in [6, 6.07) is 0.487. The molecule has 1 saturated heterocycles. The molecule has 0 bridgehead atoms. The van der Waals surface area contributed by atoms with E-state index in [2.05, 4.69) is 10.6 Å². The minimum atomic E-state index is 0.264. The van der Waals surface area contributed by atoms with Crippen LogP contribution in [0.1, 0.15) is 25.7 Å². The van der Waals surface area contributed by atoms with Gasteiger partial charge in [0.2, 0.25) is 5.91 Å². The third-order valence-electron chi connectivity index (χ3n) is 3.59. The number of likely N-dealkylation sites (N-methyl/N-ethyl adjacent to an activating group) is 1. The molecule has 0 radical (unpaired) electrons. The molecule has 1 aliphatic heterocycles. The Bertz CT molecular complexity index is 240. The number of carbonyl (C=O) groups is 1. The van der Waals surface area contributed by atoms with Crippen molar-refractivity contribution in [1.82, 2.24) is 15.5 Å². The number of likely N-dealkylation sites (tertiary alicyclic amines) is 1. The molecule has 0 aromatic carbocycles. The lowest BCUT2D eigenvalue weighted by molar-refractivity contribution is -0.131. The van der Waals surface area contributed by atoms with Gasteiger partial charge in [0.25, 0.3) is 0 Å². The number of amides is 1. The zero-order valence-corrected chi connectivity index (χ0v) is 10.2. The highest BCUT2D eigenvalue weighted by atomic mass is 16.2. The lowest BCUT2D eigenvalue weighted by Crippen LogP contribution is -2.49. The van der Waals surface area contributed by atoms with Gasteiger partial charge in [0.15, 0.2) is 0 Å². The average molecular weight is 225 g/mol. The van der Waals surface area contributed by atoms with E-state index in [1.807, 2.05) is 11.9 Å². The van der Waals surface area contributed by atoms with E-state index in [-0.39, 0.29) is 5.91 Å². The Morgan fingerprint density at radius 3 is 2.88 bits per heavy atom. The fraction of sp³-hybridized carbons (Fsp3) is 0.917. The fourth-order valence-electron chi connectivity index (χ4n) is 2.26. The summed E-state index contributed by atoms with van der Waals surface area (Å²) in [4.78, 5) is 13.9. The molecule has 16 heavy (non-hydrogen) atoms. The van der Waals surface area contributed by atoms with Crippen molar-refractivity contribution in [2.75, 3.05) is 33.2 Å². The molecule has 0 aromatic rings. The molecular weight excluding hydrogens is 202 g/mol. The van der Waals surface area contributed by atoms with E-state index in [0.717, 1.165) is 32.0 Å². The lowest BCUT2D eigenvalue weighted by Gasteiger charge is -2.32. The number of rotatable bonds is 5. The molecular formula is C12H23N3O. The number of hydrogen-bond acceptors (Lipinski definition) is 3. The Hall–Kier alpha value is -0.610. The van der Waals surface area contributed by atoms with Crippen molar-refractivity contribution in [3.63, 3.8) is 0 Å². The van der Waals surface area contributed by atoms with Gasteiger partial charge in [-0.05, 0) is 45.2 Å². The summed E-state index contributed by atoms with van der Waals surface area (Å²) < 4.78 is 0. The third-order valence-corrected chi connectivity index (χ3v) is 3.59. The van der Waals surface area contributed by atoms with E-state index in [0.29, 0.717) is 12.6 Å². The number of carbonyl (C=O) groups excluding carboxylic acids is 1. The van der Waals surface area contributed by atoms with Gasteiger partial charge in [0, 0.05) is 19.1 Å². The number of piperidine rings is 1. The third kappa shape index (κ3) is 3.46. The summed E-state index contributed by atoms with van der Waals surface area (Å²) in [5.74, 6) is 1.11. The summed E-state index contributed by atoms with van der Waals surface area (Å²) in [6.07, 6.45) is 5.00. The van der Waals surface area contributed by atoms with Crippen molar-refractivity contribution in [3.8, 4) is 0 Å². The fourth-order valence-corrected chi connectivity index (χ4v) is 2.26. The highest BCUT2D eigenvalue weighted by Crippen LogP contribution is 2.27. The van der Waals surface area contributed by atoms with Crippen LogP contribution < -0.4 is 10.6 Å². The predicted molar refractivity (Wildman–Crippen MR) is 64.3 cm³/mol. The van der Waals surface area contributed by atoms with Crippen LogP contribution in [0, 0.1) is 5.92 Å². The molecule has 0 aromatic heterocycles. The second-order valence-corrected chi connectivity index (χ2v) is 5.04. The first kappa shape index (κ1) is 11.9. The predicted octanol–water partition coefficient (Wildman–Crippen LogP) is 0.196. The molecule has 0 spiro atoms. The summed E-state index contributed by atoms with van der Waals surface area (Å²) >= 11 is 0. The Kier molecular flexibility index (Phi) is 4.18. The van der Waals surface area contributed by atoms with Crippen LogP contribution in [0.25, 0.3) is 0 Å². The Balaban J connectivity index is 1.66. The zero-order valence-electron chi connectivity index (χ0n) is 10.2. The molecule has 1 atom stereocenters. The summed E-state index contributed by atoms with van der Waals surface area (Å²) in [7, 11) is 1.98. The molecule has 1 unspecified atom stereocenters. The quantitative estimate of drug-likeness (QED) is 0.702. The average Bonchev–Trinajstić information content (AvgIpc) is 3.13. The normalized spacial score (nSPS) is 25.8. The van der Waals surface area contributed by atoms with Gasteiger partial charge in [0.1, 0.15) is 0 Å². The van der Waals surface area contributed by atoms with Crippen LogP contribution in [0.3, 0.4) is 0 Å². The van der Waals surface area contributed by atoms with E-state index in [1.54, 1.807) is 0 Å².